The topological polar surface area (TPSA) is 238 Å². The maximum Gasteiger partial charge on any atom is 0.416 e. The van der Waals surface area contributed by atoms with Crippen LogP contribution in [0.3, 0.4) is 0 Å². The van der Waals surface area contributed by atoms with E-state index in [2.05, 4.69) is 13.8 Å². The van der Waals surface area contributed by atoms with Crippen molar-refractivity contribution in [1.82, 2.24) is 0 Å². The lowest BCUT2D eigenvalue weighted by Gasteiger charge is -2.25. The molecule has 452 valence electrons. The molecule has 6 aromatic carbocycles. The van der Waals surface area contributed by atoms with Gasteiger partial charge in [0.15, 0.2) is 0 Å². The fourth-order valence-electron chi connectivity index (χ4n) is 7.41. The monoisotopic (exact) mass is 1260 g/mol. The molecule has 0 aliphatic heterocycles. The first-order chi connectivity index (χ1) is 39.5. The van der Waals surface area contributed by atoms with Gasteiger partial charge in [-0.05, 0) is 111 Å². The fourth-order valence-corrected chi connectivity index (χ4v) is 8.13. The molecule has 0 bridgehead atoms. The summed E-state index contributed by atoms with van der Waals surface area (Å²) in [5.41, 5.74) is 1.76. The van der Waals surface area contributed by atoms with Gasteiger partial charge in [-0.3, -0.25) is 39.6 Å². The van der Waals surface area contributed by atoms with E-state index in [9.17, 15) is 65.7 Å². The number of aromatic carboxylic acids is 2. The molecule has 0 unspecified atom stereocenters. The molecule has 0 atom stereocenters. The van der Waals surface area contributed by atoms with Gasteiger partial charge in [-0.1, -0.05) is 73.4 Å². The minimum absolute atomic E-state index is 0.0371. The van der Waals surface area contributed by atoms with Crippen molar-refractivity contribution >= 4 is 92.9 Å². The highest BCUT2D eigenvalue weighted by atomic mass is 35.5. The van der Waals surface area contributed by atoms with Gasteiger partial charge in [0.05, 0.1) is 42.4 Å². The standard InChI is InChI=1S/2C14H7ClF3NO5.2C14H20ClNO2/c2*15-10-5-7(14(16,17)18)1-4-12(10)24-8-2-3-11(19(22)23)9(6-8)13(20)21;2*1-4-12-8-6-7-11(3)14(12)16(10-18-5-2)13(17)9-15/h2*1-6H,(H,20,21);2*6-8H,4-5,9-10H2,1-3H3. The van der Waals surface area contributed by atoms with E-state index in [1.807, 2.05) is 64.1 Å². The molecule has 18 nitrogen and oxygen atoms in total. The molecule has 2 N–H and O–H groups in total. The molecule has 0 fully saturated rings. The van der Waals surface area contributed by atoms with Gasteiger partial charge in [0.1, 0.15) is 59.3 Å². The van der Waals surface area contributed by atoms with Gasteiger partial charge in [0.25, 0.3) is 11.4 Å². The van der Waals surface area contributed by atoms with Crippen molar-refractivity contribution < 1.29 is 84.5 Å². The summed E-state index contributed by atoms with van der Waals surface area (Å²) in [5, 5.41) is 38.8. The lowest BCUT2D eigenvalue weighted by Crippen LogP contribution is -2.35. The Hall–Kier alpha value is -7.74. The van der Waals surface area contributed by atoms with Crippen molar-refractivity contribution in [2.24, 2.45) is 0 Å². The first-order valence-electron chi connectivity index (χ1n) is 24.7. The predicted octanol–water partition coefficient (Wildman–Crippen LogP) is 15.8. The van der Waals surface area contributed by atoms with Crippen LogP contribution in [-0.4, -0.2) is 82.2 Å². The van der Waals surface area contributed by atoms with E-state index >= 15 is 0 Å². The second-order valence-electron chi connectivity index (χ2n) is 17.0. The van der Waals surface area contributed by atoms with Crippen LogP contribution in [0, 0.1) is 34.1 Å². The van der Waals surface area contributed by atoms with Crippen LogP contribution >= 0.6 is 46.4 Å². The Bertz CT molecular complexity index is 3080. The summed E-state index contributed by atoms with van der Waals surface area (Å²) in [5.74, 6) is -4.00. The molecule has 0 saturated carbocycles. The minimum Gasteiger partial charge on any atom is -0.477 e. The minimum atomic E-state index is -4.58. The second kappa shape index (κ2) is 32.9. The highest BCUT2D eigenvalue weighted by Crippen LogP contribution is 2.39. The van der Waals surface area contributed by atoms with E-state index in [1.54, 1.807) is 9.80 Å². The van der Waals surface area contributed by atoms with Crippen molar-refractivity contribution in [3.8, 4) is 23.0 Å². The van der Waals surface area contributed by atoms with E-state index in [0.29, 0.717) is 25.3 Å². The number of benzene rings is 6. The third-order valence-electron chi connectivity index (χ3n) is 11.4. The largest absolute Gasteiger partial charge is 0.477 e. The number of nitro benzene ring substituents is 2. The first-order valence-corrected chi connectivity index (χ1v) is 26.5. The summed E-state index contributed by atoms with van der Waals surface area (Å²) in [6.45, 7) is 13.6. The van der Waals surface area contributed by atoms with Crippen LogP contribution in [0.2, 0.25) is 10.0 Å². The molecule has 28 heteroatoms. The summed E-state index contributed by atoms with van der Waals surface area (Å²) in [6, 6.07) is 22.6. The number of ether oxygens (including phenoxy) is 4. The lowest BCUT2D eigenvalue weighted by molar-refractivity contribution is -0.385. The van der Waals surface area contributed by atoms with E-state index in [4.69, 9.17) is 75.6 Å². The molecular formula is C56H54Cl4F6N4O14. The number of carbonyl (C=O) groups excluding carboxylic acids is 2. The van der Waals surface area contributed by atoms with Gasteiger partial charge < -0.3 is 29.2 Å². The van der Waals surface area contributed by atoms with Crippen molar-refractivity contribution in [2.75, 3.05) is 48.2 Å². The Morgan fingerprint density at radius 1 is 0.548 bits per heavy atom. The number of anilines is 2. The number of rotatable bonds is 20. The third kappa shape index (κ3) is 20.3. The number of nitrogens with zero attached hydrogens (tertiary/aromatic N) is 4. The van der Waals surface area contributed by atoms with Gasteiger partial charge in [0.2, 0.25) is 11.8 Å². The molecule has 0 spiro atoms. The van der Waals surface area contributed by atoms with Crippen molar-refractivity contribution in [3.63, 3.8) is 0 Å². The molecule has 2 amide bonds. The molecular weight excluding hydrogens is 1210 g/mol. The zero-order valence-corrected chi connectivity index (χ0v) is 48.4. The normalized spacial score (nSPS) is 10.9. The molecule has 84 heavy (non-hydrogen) atoms. The van der Waals surface area contributed by atoms with Crippen molar-refractivity contribution in [3.05, 3.63) is 184 Å². The number of nitro groups is 2. The van der Waals surface area contributed by atoms with Crippen molar-refractivity contribution in [1.29, 1.82) is 0 Å². The smallest absolute Gasteiger partial charge is 0.416 e. The van der Waals surface area contributed by atoms with Crippen LogP contribution in [0.5, 0.6) is 23.0 Å². The SMILES string of the molecule is CCOCN(C(=O)CCl)c1c(C)cccc1CC.CCOCN(C(=O)CCl)c1c(C)cccc1CC.O=C(O)c1cc(Oc2ccc(C(F)(F)F)cc2Cl)ccc1[N+](=O)[O-].O=C(O)c1cc(Oc2ccc(C(F)(F)F)cc2Cl)ccc1[N+](=O)[O-]. The molecule has 0 radical (unpaired) electrons. The Morgan fingerprint density at radius 3 is 1.15 bits per heavy atom. The van der Waals surface area contributed by atoms with Crippen molar-refractivity contribution in [2.45, 2.75) is 66.7 Å². The van der Waals surface area contributed by atoms with Gasteiger partial charge in [-0.25, -0.2) is 9.59 Å². The number of hydrogen-bond donors (Lipinski definition) is 2. The van der Waals surface area contributed by atoms with Crippen LogP contribution in [-0.2, 0) is 44.3 Å². The highest BCUT2D eigenvalue weighted by Gasteiger charge is 2.33. The van der Waals surface area contributed by atoms with Gasteiger partial charge >= 0.3 is 24.3 Å². The predicted molar refractivity (Wildman–Crippen MR) is 304 cm³/mol. The summed E-state index contributed by atoms with van der Waals surface area (Å²) in [4.78, 5) is 69.0. The second-order valence-corrected chi connectivity index (χ2v) is 18.3. The number of carbonyl (C=O) groups is 4. The lowest BCUT2D eigenvalue weighted by atomic mass is 10.0. The van der Waals surface area contributed by atoms with E-state index in [-0.39, 0.29) is 70.1 Å². The number of carboxylic acid groups (broad SMARTS) is 2. The Morgan fingerprint density at radius 2 is 0.893 bits per heavy atom. The maximum atomic E-state index is 12.6. The summed E-state index contributed by atoms with van der Waals surface area (Å²) >= 11 is 22.8. The zero-order chi connectivity index (χ0) is 63.2. The van der Waals surface area contributed by atoms with Crippen LogP contribution in [0.1, 0.15) is 81.8 Å². The first kappa shape index (κ1) is 70.5. The van der Waals surface area contributed by atoms with Crippen LogP contribution in [0.4, 0.5) is 49.1 Å². The molecule has 0 heterocycles. The third-order valence-corrected chi connectivity index (χ3v) is 12.4. The van der Waals surface area contributed by atoms with Gasteiger partial charge in [-0.2, -0.15) is 26.3 Å². The maximum absolute atomic E-state index is 12.6. The van der Waals surface area contributed by atoms with Crippen LogP contribution in [0.15, 0.2) is 109 Å². The number of carboxylic acids is 2. The Balaban J connectivity index is 0.000000296. The average molecular weight is 1260 g/mol. The van der Waals surface area contributed by atoms with E-state index in [1.165, 1.54) is 0 Å². The molecule has 0 aromatic heterocycles. The molecule has 6 rings (SSSR count). The number of para-hydroxylation sites is 2. The number of aryl methyl sites for hydroxylation is 4. The molecule has 0 saturated heterocycles. The van der Waals surface area contributed by atoms with Crippen LogP contribution < -0.4 is 19.3 Å². The number of hydrogen-bond acceptors (Lipinski definition) is 12. The quantitative estimate of drug-likeness (QED) is 0.0238. The number of amides is 2. The number of alkyl halides is 8. The van der Waals surface area contributed by atoms with Gasteiger partial charge in [-0.15, -0.1) is 23.2 Å². The summed E-state index contributed by atoms with van der Waals surface area (Å²) < 4.78 is 96.5. The average Bonchev–Trinajstić information content (AvgIpc) is 3.52. The van der Waals surface area contributed by atoms with E-state index in [0.717, 1.165) is 107 Å². The van der Waals surface area contributed by atoms with E-state index < -0.39 is 67.8 Å². The zero-order valence-electron chi connectivity index (χ0n) is 45.4. The molecule has 6 aromatic rings. The summed E-state index contributed by atoms with van der Waals surface area (Å²) in [7, 11) is 0. The van der Waals surface area contributed by atoms with Gasteiger partial charge in [0, 0.05) is 37.5 Å². The Labute approximate surface area is 497 Å². The highest BCUT2D eigenvalue weighted by molar-refractivity contribution is 6.32. The number of halogens is 10. The molecule has 0 aliphatic rings. The van der Waals surface area contributed by atoms with Crippen LogP contribution in [0.25, 0.3) is 0 Å². The molecule has 0 aliphatic carbocycles. The Kier molecular flexibility index (Phi) is 27.6. The fraction of sp³-hybridized carbons (Fsp3) is 0.286. The summed E-state index contributed by atoms with van der Waals surface area (Å²) in [6.07, 6.45) is -7.41.